The van der Waals surface area contributed by atoms with Gasteiger partial charge in [0.15, 0.2) is 0 Å². The summed E-state index contributed by atoms with van der Waals surface area (Å²) in [6, 6.07) is 15.7. The lowest BCUT2D eigenvalue weighted by Gasteiger charge is -2.41. The Morgan fingerprint density at radius 2 is 1.76 bits per heavy atom. The zero-order valence-electron chi connectivity index (χ0n) is 19.4. The van der Waals surface area contributed by atoms with E-state index in [2.05, 4.69) is 17.4 Å². The van der Waals surface area contributed by atoms with Crippen LogP contribution in [0.25, 0.3) is 0 Å². The fourth-order valence-corrected chi connectivity index (χ4v) is 4.97. The first-order valence-corrected chi connectivity index (χ1v) is 12.2. The largest absolute Gasteiger partial charge is 0.493 e. The lowest BCUT2D eigenvalue weighted by molar-refractivity contribution is -0.134. The number of hydrogen-bond acceptors (Lipinski definition) is 4. The fourth-order valence-electron chi connectivity index (χ4n) is 4.97. The number of rotatable bonds is 2. The van der Waals surface area contributed by atoms with Gasteiger partial charge < -0.3 is 20.7 Å². The molecule has 2 heterocycles. The van der Waals surface area contributed by atoms with Crippen molar-refractivity contribution in [1.29, 1.82) is 0 Å². The van der Waals surface area contributed by atoms with Gasteiger partial charge in [-0.2, -0.15) is 0 Å². The smallest absolute Gasteiger partial charge is 0.253 e. The van der Waals surface area contributed by atoms with E-state index in [1.807, 2.05) is 41.3 Å². The summed E-state index contributed by atoms with van der Waals surface area (Å²) in [5.41, 5.74) is 8.21. The third kappa shape index (κ3) is 5.56. The third-order valence-corrected chi connectivity index (χ3v) is 7.11. The second kappa shape index (κ2) is 10.8. The van der Waals surface area contributed by atoms with Crippen LogP contribution in [-0.2, 0) is 17.8 Å². The second-order valence-corrected chi connectivity index (χ2v) is 9.25. The van der Waals surface area contributed by atoms with E-state index in [-0.39, 0.29) is 11.8 Å². The number of hydrogen-bond donors (Lipinski definition) is 2. The number of benzene rings is 2. The molecule has 4 rings (SSSR count). The van der Waals surface area contributed by atoms with Crippen molar-refractivity contribution in [2.24, 2.45) is 11.1 Å². The van der Waals surface area contributed by atoms with Crippen LogP contribution in [0.3, 0.4) is 0 Å². The molecule has 1 saturated heterocycles. The molecule has 2 aromatic carbocycles. The standard InChI is InChI=1S/C27H35N3O3/c28-20-21-9-11-23(12-10-21)25(31)30-17-14-27(15-18-30)13-4-3-7-22-6-1-2-8-24(22)33-19-5-16-29-26(27)32/h1-2,6,8-12H,3-5,7,13-20,28H2,(H,29,32). The maximum absolute atomic E-state index is 13.3. The van der Waals surface area contributed by atoms with Crippen LogP contribution in [-0.4, -0.2) is 43.0 Å². The molecular formula is C27H35N3O3. The molecular weight excluding hydrogens is 414 g/mol. The van der Waals surface area contributed by atoms with Gasteiger partial charge in [0, 0.05) is 31.7 Å². The molecule has 2 aliphatic rings. The summed E-state index contributed by atoms with van der Waals surface area (Å²) >= 11 is 0. The maximum Gasteiger partial charge on any atom is 0.253 e. The second-order valence-electron chi connectivity index (χ2n) is 9.25. The van der Waals surface area contributed by atoms with Crippen LogP contribution >= 0.6 is 0 Å². The topological polar surface area (TPSA) is 84.7 Å². The van der Waals surface area contributed by atoms with Crippen LogP contribution < -0.4 is 15.8 Å². The minimum atomic E-state index is -0.394. The van der Waals surface area contributed by atoms with Crippen molar-refractivity contribution in [3.63, 3.8) is 0 Å². The van der Waals surface area contributed by atoms with Crippen LogP contribution in [0, 0.1) is 5.41 Å². The molecule has 0 radical (unpaired) electrons. The van der Waals surface area contributed by atoms with Crippen molar-refractivity contribution in [1.82, 2.24) is 10.2 Å². The quantitative estimate of drug-likeness (QED) is 0.733. The molecule has 0 aromatic heterocycles. The number of carbonyl (C=O) groups is 2. The minimum absolute atomic E-state index is 0.0345. The van der Waals surface area contributed by atoms with Gasteiger partial charge in [-0.3, -0.25) is 9.59 Å². The third-order valence-electron chi connectivity index (χ3n) is 7.11. The van der Waals surface area contributed by atoms with Crippen molar-refractivity contribution in [2.75, 3.05) is 26.2 Å². The van der Waals surface area contributed by atoms with Gasteiger partial charge in [-0.25, -0.2) is 0 Å². The summed E-state index contributed by atoms with van der Waals surface area (Å²) in [4.78, 5) is 28.1. The van der Waals surface area contributed by atoms with Gasteiger partial charge in [-0.1, -0.05) is 36.8 Å². The predicted molar refractivity (Wildman–Crippen MR) is 129 cm³/mol. The van der Waals surface area contributed by atoms with Crippen molar-refractivity contribution in [3.8, 4) is 5.75 Å². The summed E-state index contributed by atoms with van der Waals surface area (Å²) in [6.45, 7) is 2.88. The maximum atomic E-state index is 13.3. The lowest BCUT2D eigenvalue weighted by Crippen LogP contribution is -2.50. The summed E-state index contributed by atoms with van der Waals surface area (Å²) in [6.07, 6.45) is 6.00. The Bertz CT molecular complexity index is 949. The van der Waals surface area contributed by atoms with Crippen LogP contribution in [0.1, 0.15) is 60.0 Å². The average molecular weight is 450 g/mol. The van der Waals surface area contributed by atoms with E-state index < -0.39 is 5.41 Å². The highest BCUT2D eigenvalue weighted by Gasteiger charge is 2.41. The number of fused-ring (bicyclic) bond motifs is 1. The first-order valence-electron chi connectivity index (χ1n) is 12.2. The number of nitrogens with two attached hydrogens (primary N) is 1. The highest BCUT2D eigenvalue weighted by molar-refractivity contribution is 5.94. The molecule has 0 unspecified atom stereocenters. The normalized spacial score (nSPS) is 19.3. The van der Waals surface area contributed by atoms with Crippen LogP contribution in [0.15, 0.2) is 48.5 Å². The Hall–Kier alpha value is -2.86. The molecule has 2 amide bonds. The van der Waals surface area contributed by atoms with Gasteiger partial charge >= 0.3 is 0 Å². The molecule has 0 bridgehead atoms. The van der Waals surface area contributed by atoms with Crippen LogP contribution in [0.2, 0.25) is 0 Å². The SMILES string of the molecule is NCc1ccc(C(=O)N2CCC3(CCCCc4ccccc4OCCCNC3=O)CC2)cc1. The van der Waals surface area contributed by atoms with Crippen molar-refractivity contribution in [3.05, 3.63) is 65.2 Å². The zero-order chi connectivity index (χ0) is 23.1. The zero-order valence-corrected chi connectivity index (χ0v) is 19.4. The molecule has 3 N–H and O–H groups in total. The van der Waals surface area contributed by atoms with Gasteiger partial charge in [-0.15, -0.1) is 0 Å². The number of carbonyl (C=O) groups excluding carboxylic acids is 2. The Morgan fingerprint density at radius 1 is 1.00 bits per heavy atom. The van der Waals surface area contributed by atoms with E-state index in [1.54, 1.807) is 0 Å². The predicted octanol–water partition coefficient (Wildman–Crippen LogP) is 3.68. The van der Waals surface area contributed by atoms with Crippen LogP contribution in [0.4, 0.5) is 0 Å². The number of para-hydroxylation sites is 1. The molecule has 1 fully saturated rings. The molecule has 6 heteroatoms. The molecule has 2 aromatic rings. The van der Waals surface area contributed by atoms with Crippen molar-refractivity contribution < 1.29 is 14.3 Å². The lowest BCUT2D eigenvalue weighted by atomic mass is 9.73. The number of ether oxygens (including phenoxy) is 1. The van der Waals surface area contributed by atoms with E-state index in [4.69, 9.17) is 10.5 Å². The van der Waals surface area contributed by atoms with Gasteiger partial charge in [-0.05, 0) is 67.9 Å². The summed E-state index contributed by atoms with van der Waals surface area (Å²) < 4.78 is 5.97. The monoisotopic (exact) mass is 449 g/mol. The van der Waals surface area contributed by atoms with Crippen LogP contribution in [0.5, 0.6) is 5.75 Å². The Morgan fingerprint density at radius 3 is 2.52 bits per heavy atom. The summed E-state index contributed by atoms with van der Waals surface area (Å²) in [5.74, 6) is 1.13. The number of aryl methyl sites for hydroxylation is 1. The van der Waals surface area contributed by atoms with Gasteiger partial charge in [0.2, 0.25) is 5.91 Å². The Balaban J connectivity index is 1.41. The molecule has 6 nitrogen and oxygen atoms in total. The average Bonchev–Trinajstić information content (AvgIpc) is 2.87. The van der Waals surface area contributed by atoms with Gasteiger partial charge in [0.05, 0.1) is 12.0 Å². The van der Waals surface area contributed by atoms with Gasteiger partial charge in [0.1, 0.15) is 5.75 Å². The number of amides is 2. The van der Waals surface area contributed by atoms with Gasteiger partial charge in [0.25, 0.3) is 5.91 Å². The highest BCUT2D eigenvalue weighted by Crippen LogP contribution is 2.38. The van der Waals surface area contributed by atoms with E-state index in [0.29, 0.717) is 51.2 Å². The Kier molecular flexibility index (Phi) is 7.65. The number of nitrogens with zero attached hydrogens (tertiary/aromatic N) is 1. The molecule has 176 valence electrons. The first-order chi connectivity index (χ1) is 16.1. The first kappa shape index (κ1) is 23.3. The van der Waals surface area contributed by atoms with Crippen molar-refractivity contribution >= 4 is 11.8 Å². The Labute approximate surface area is 196 Å². The van der Waals surface area contributed by atoms with E-state index >= 15 is 0 Å². The summed E-state index contributed by atoms with van der Waals surface area (Å²) in [7, 11) is 0. The van der Waals surface area contributed by atoms with Crippen molar-refractivity contribution in [2.45, 2.75) is 51.5 Å². The number of nitrogens with one attached hydrogen (secondary N) is 1. The molecule has 1 spiro atoms. The molecule has 2 aliphatic heterocycles. The minimum Gasteiger partial charge on any atom is -0.493 e. The molecule has 0 aliphatic carbocycles. The van der Waals surface area contributed by atoms with E-state index in [1.165, 1.54) is 5.56 Å². The molecule has 33 heavy (non-hydrogen) atoms. The number of likely N-dealkylation sites (tertiary alicyclic amines) is 1. The molecule has 0 saturated carbocycles. The fraction of sp³-hybridized carbons (Fsp3) is 0.481. The summed E-state index contributed by atoms with van der Waals surface area (Å²) in [5, 5.41) is 3.16. The highest BCUT2D eigenvalue weighted by atomic mass is 16.5. The van der Waals surface area contributed by atoms with E-state index in [9.17, 15) is 9.59 Å². The van der Waals surface area contributed by atoms with E-state index in [0.717, 1.165) is 43.4 Å². The molecule has 0 atom stereocenters. The number of piperidine rings is 1.